The van der Waals surface area contributed by atoms with Gasteiger partial charge in [0, 0.05) is 39.6 Å². The summed E-state index contributed by atoms with van der Waals surface area (Å²) in [7, 11) is 3.45. The normalized spacial score (nSPS) is 13.5. The van der Waals surface area contributed by atoms with Gasteiger partial charge in [0.25, 0.3) is 5.91 Å². The molecule has 1 aliphatic rings. The lowest BCUT2D eigenvalue weighted by Crippen LogP contribution is -2.42. The average molecular weight is 342 g/mol. The van der Waals surface area contributed by atoms with Crippen LogP contribution in [-0.4, -0.2) is 57.1 Å². The maximum Gasteiger partial charge on any atom is 0.319 e. The number of rotatable bonds is 1. The smallest absolute Gasteiger partial charge is 0.319 e. The third-order valence-corrected chi connectivity index (χ3v) is 4.56. The molecule has 3 rings (SSSR count). The van der Waals surface area contributed by atoms with Crippen molar-refractivity contribution in [3.63, 3.8) is 0 Å². The molecule has 0 fully saturated rings. The number of aryl methyl sites for hydroxylation is 1. The Morgan fingerprint density at radius 1 is 1.24 bits per heavy atom. The van der Waals surface area contributed by atoms with Crippen LogP contribution in [-0.2, 0) is 13.0 Å². The highest BCUT2D eigenvalue weighted by atomic mass is 16.2. The van der Waals surface area contributed by atoms with Gasteiger partial charge in [-0.2, -0.15) is 9.78 Å². The zero-order valence-corrected chi connectivity index (χ0v) is 14.9. The predicted octanol–water partition coefficient (Wildman–Crippen LogP) is 1.21. The highest BCUT2D eigenvalue weighted by Crippen LogP contribution is 2.24. The minimum atomic E-state index is -0.242. The van der Waals surface area contributed by atoms with Crippen molar-refractivity contribution >= 4 is 17.6 Å². The monoisotopic (exact) mass is 342 g/mol. The van der Waals surface area contributed by atoms with Crippen molar-refractivity contribution in [2.24, 2.45) is 0 Å². The van der Waals surface area contributed by atoms with E-state index in [4.69, 9.17) is 5.73 Å². The molecule has 8 nitrogen and oxygen atoms in total. The van der Waals surface area contributed by atoms with E-state index < -0.39 is 0 Å². The van der Waals surface area contributed by atoms with Gasteiger partial charge in [-0.25, -0.2) is 4.79 Å². The molecule has 2 amide bonds. The Morgan fingerprint density at radius 3 is 2.56 bits per heavy atom. The van der Waals surface area contributed by atoms with Gasteiger partial charge in [-0.3, -0.25) is 9.78 Å². The topological polar surface area (TPSA) is 97.3 Å². The van der Waals surface area contributed by atoms with E-state index in [1.54, 1.807) is 50.1 Å². The van der Waals surface area contributed by atoms with Gasteiger partial charge in [-0.1, -0.05) is 0 Å². The second kappa shape index (κ2) is 6.19. The Hall–Kier alpha value is -2.90. The van der Waals surface area contributed by atoms with Gasteiger partial charge in [0.15, 0.2) is 0 Å². The van der Waals surface area contributed by atoms with Crippen LogP contribution >= 0.6 is 0 Å². The molecular formula is C17H22N6O2. The molecule has 2 N–H and O–H groups in total. The first kappa shape index (κ1) is 16.9. The molecule has 0 atom stereocenters. The maximum atomic E-state index is 12.9. The number of carbonyl (C=O) groups is 2. The number of nitrogens with two attached hydrogens (primary N) is 1. The Kier molecular flexibility index (Phi) is 4.20. The van der Waals surface area contributed by atoms with Crippen LogP contribution < -0.4 is 5.73 Å². The van der Waals surface area contributed by atoms with Crippen molar-refractivity contribution in [1.82, 2.24) is 24.6 Å². The number of hydrogen-bond acceptors (Lipinski definition) is 5. The Labute approximate surface area is 146 Å². The molecule has 0 aromatic carbocycles. The summed E-state index contributed by atoms with van der Waals surface area (Å²) in [5.41, 5.74) is 10.0. The number of amides is 2. The number of fused-ring (bicyclic) bond motifs is 1. The van der Waals surface area contributed by atoms with Crippen LogP contribution in [0.3, 0.4) is 0 Å². The summed E-state index contributed by atoms with van der Waals surface area (Å²) in [6, 6.07) is -0.0475. The standard InChI is InChI=1S/C17H22N6O2/c1-10-15(18)11(2)23(20-10)16(24)14-8-19-7-12-9-22(6-5-13(12)14)17(25)21(3)4/h7-8H,5-6,9,18H2,1-4H3. The minimum absolute atomic E-state index is 0.0475. The third-order valence-electron chi connectivity index (χ3n) is 4.56. The highest BCUT2D eigenvalue weighted by molar-refractivity contribution is 5.98. The van der Waals surface area contributed by atoms with Crippen molar-refractivity contribution in [3.05, 3.63) is 40.5 Å². The van der Waals surface area contributed by atoms with Gasteiger partial charge in [-0.15, -0.1) is 0 Å². The van der Waals surface area contributed by atoms with E-state index in [2.05, 4.69) is 10.1 Å². The number of aromatic nitrogens is 3. The molecule has 0 unspecified atom stereocenters. The van der Waals surface area contributed by atoms with Crippen LogP contribution in [0.2, 0.25) is 0 Å². The lowest BCUT2D eigenvalue weighted by atomic mass is 9.97. The molecular weight excluding hydrogens is 320 g/mol. The van der Waals surface area contributed by atoms with Crippen LogP contribution in [0.25, 0.3) is 0 Å². The fourth-order valence-electron chi connectivity index (χ4n) is 3.09. The summed E-state index contributed by atoms with van der Waals surface area (Å²) in [6.45, 7) is 4.55. The van der Waals surface area contributed by atoms with Gasteiger partial charge in [0.05, 0.1) is 22.6 Å². The van der Waals surface area contributed by atoms with Gasteiger partial charge >= 0.3 is 6.03 Å². The van der Waals surface area contributed by atoms with Crippen molar-refractivity contribution in [3.8, 4) is 0 Å². The summed E-state index contributed by atoms with van der Waals surface area (Å²) in [5.74, 6) is -0.242. The molecule has 8 heteroatoms. The lowest BCUT2D eigenvalue weighted by Gasteiger charge is -2.31. The molecule has 132 valence electrons. The third kappa shape index (κ3) is 2.84. The number of nitrogen functional groups attached to an aromatic ring is 1. The van der Waals surface area contributed by atoms with Crippen LogP contribution in [0.5, 0.6) is 0 Å². The largest absolute Gasteiger partial charge is 0.396 e. The van der Waals surface area contributed by atoms with E-state index in [0.717, 1.165) is 11.1 Å². The molecule has 2 aromatic rings. The average Bonchev–Trinajstić information content (AvgIpc) is 2.86. The zero-order chi connectivity index (χ0) is 18.3. The van der Waals surface area contributed by atoms with Crippen molar-refractivity contribution in [1.29, 1.82) is 0 Å². The number of nitrogens with zero attached hydrogens (tertiary/aromatic N) is 5. The lowest BCUT2D eigenvalue weighted by molar-refractivity contribution is 0.0940. The van der Waals surface area contributed by atoms with Crippen molar-refractivity contribution in [2.75, 3.05) is 26.4 Å². The zero-order valence-electron chi connectivity index (χ0n) is 14.9. The number of hydrogen-bond donors (Lipinski definition) is 1. The Balaban J connectivity index is 1.96. The van der Waals surface area contributed by atoms with E-state index in [9.17, 15) is 9.59 Å². The minimum Gasteiger partial charge on any atom is -0.396 e. The maximum absolute atomic E-state index is 12.9. The molecule has 0 saturated heterocycles. The predicted molar refractivity (Wildman–Crippen MR) is 93.3 cm³/mol. The van der Waals surface area contributed by atoms with Gasteiger partial charge in [0.1, 0.15) is 0 Å². The molecule has 0 spiro atoms. The summed E-state index contributed by atoms with van der Waals surface area (Å²) < 4.78 is 1.33. The Morgan fingerprint density at radius 2 is 1.96 bits per heavy atom. The molecule has 0 saturated carbocycles. The summed E-state index contributed by atoms with van der Waals surface area (Å²) in [5, 5.41) is 4.24. The molecule has 3 heterocycles. The van der Waals surface area contributed by atoms with Gasteiger partial charge < -0.3 is 15.5 Å². The molecule has 2 aromatic heterocycles. The van der Waals surface area contributed by atoms with Crippen LogP contribution in [0.4, 0.5) is 10.5 Å². The van der Waals surface area contributed by atoms with Crippen molar-refractivity contribution in [2.45, 2.75) is 26.8 Å². The summed E-state index contributed by atoms with van der Waals surface area (Å²) >= 11 is 0. The van der Waals surface area contributed by atoms with Crippen LogP contribution in [0.1, 0.15) is 32.9 Å². The highest BCUT2D eigenvalue weighted by Gasteiger charge is 2.27. The van der Waals surface area contributed by atoms with Gasteiger partial charge in [0.2, 0.25) is 0 Å². The molecule has 1 aliphatic heterocycles. The van der Waals surface area contributed by atoms with Crippen LogP contribution in [0, 0.1) is 13.8 Å². The van der Waals surface area contributed by atoms with Gasteiger partial charge in [-0.05, 0) is 31.4 Å². The molecule has 25 heavy (non-hydrogen) atoms. The second-order valence-electron chi connectivity index (χ2n) is 6.47. The first-order valence-corrected chi connectivity index (χ1v) is 8.09. The quantitative estimate of drug-likeness (QED) is 0.840. The van der Waals surface area contributed by atoms with Crippen LogP contribution in [0.15, 0.2) is 12.4 Å². The van der Waals surface area contributed by atoms with Crippen molar-refractivity contribution < 1.29 is 9.59 Å². The number of urea groups is 1. The molecule has 0 radical (unpaired) electrons. The number of anilines is 1. The summed E-state index contributed by atoms with van der Waals surface area (Å²) in [4.78, 5) is 32.6. The second-order valence-corrected chi connectivity index (χ2v) is 6.47. The number of pyridine rings is 1. The van der Waals surface area contributed by atoms with E-state index in [0.29, 0.717) is 42.1 Å². The van der Waals surface area contributed by atoms with E-state index in [-0.39, 0.29) is 11.9 Å². The number of carbonyl (C=O) groups excluding carboxylic acids is 2. The molecule has 0 aliphatic carbocycles. The Bertz CT molecular complexity index is 855. The fourth-order valence-corrected chi connectivity index (χ4v) is 3.09. The molecule has 0 bridgehead atoms. The summed E-state index contributed by atoms with van der Waals surface area (Å²) in [6.07, 6.45) is 3.89. The van der Waals surface area contributed by atoms with E-state index in [1.807, 2.05) is 0 Å². The SMILES string of the molecule is Cc1nn(C(=O)c2cncc3c2CCN(C(=O)N(C)C)C3)c(C)c1N. The van der Waals surface area contributed by atoms with E-state index >= 15 is 0 Å². The first-order valence-electron chi connectivity index (χ1n) is 8.09. The van der Waals surface area contributed by atoms with E-state index in [1.165, 1.54) is 4.68 Å². The first-order chi connectivity index (χ1) is 11.8. The fraction of sp³-hybridized carbons (Fsp3) is 0.412.